The number of ether oxygens (including phenoxy) is 1. The first-order valence-electron chi connectivity index (χ1n) is 5.61. The van der Waals surface area contributed by atoms with E-state index in [2.05, 4.69) is 15.9 Å². The minimum absolute atomic E-state index is 0.170. The van der Waals surface area contributed by atoms with E-state index in [0.717, 1.165) is 10.0 Å². The number of hydrazine groups is 1. The molecular formula is C13H13BrN2O3. The average Bonchev–Trinajstić information content (AvgIpc) is 2.87. The third kappa shape index (κ3) is 3.92. The van der Waals surface area contributed by atoms with Crippen molar-refractivity contribution in [3.05, 3.63) is 58.0 Å². The summed E-state index contributed by atoms with van der Waals surface area (Å²) in [5.41, 5.74) is 3.06. The number of carbonyl (C=O) groups excluding carboxylic acids is 1. The van der Waals surface area contributed by atoms with Crippen molar-refractivity contribution in [1.82, 2.24) is 5.43 Å². The molecule has 3 N–H and O–H groups in total. The standard InChI is InChI=1S/C13H13BrN2O3/c14-10-3-1-2-9(6-10)7-18-8-11-4-5-12(19-11)13(17)16-15/h1-6H,7-8,15H2,(H,16,17). The van der Waals surface area contributed by atoms with Crippen LogP contribution in [0.2, 0.25) is 0 Å². The number of halogens is 1. The van der Waals surface area contributed by atoms with Crippen molar-refractivity contribution in [2.45, 2.75) is 13.2 Å². The zero-order valence-electron chi connectivity index (χ0n) is 10.1. The lowest BCUT2D eigenvalue weighted by Gasteiger charge is -2.03. The van der Waals surface area contributed by atoms with Gasteiger partial charge in [0.15, 0.2) is 5.76 Å². The number of hydrogen-bond donors (Lipinski definition) is 2. The first-order valence-corrected chi connectivity index (χ1v) is 6.40. The highest BCUT2D eigenvalue weighted by Gasteiger charge is 2.09. The number of benzene rings is 1. The van der Waals surface area contributed by atoms with Crippen molar-refractivity contribution in [3.8, 4) is 0 Å². The molecule has 0 aliphatic carbocycles. The quantitative estimate of drug-likeness (QED) is 0.503. The second kappa shape index (κ2) is 6.51. The fourth-order valence-corrected chi connectivity index (χ4v) is 1.99. The summed E-state index contributed by atoms with van der Waals surface area (Å²) in [4.78, 5) is 11.2. The first kappa shape index (κ1) is 13.8. The van der Waals surface area contributed by atoms with E-state index in [1.54, 1.807) is 12.1 Å². The zero-order chi connectivity index (χ0) is 13.7. The Morgan fingerprint density at radius 2 is 2.16 bits per heavy atom. The molecule has 2 rings (SSSR count). The molecule has 0 spiro atoms. The summed E-state index contributed by atoms with van der Waals surface area (Å²) in [5.74, 6) is 5.30. The van der Waals surface area contributed by atoms with Crippen LogP contribution >= 0.6 is 15.9 Å². The smallest absolute Gasteiger partial charge is 0.300 e. The third-order valence-electron chi connectivity index (χ3n) is 2.42. The molecule has 100 valence electrons. The van der Waals surface area contributed by atoms with Gasteiger partial charge < -0.3 is 9.15 Å². The minimum Gasteiger partial charge on any atom is -0.453 e. The Morgan fingerprint density at radius 3 is 2.89 bits per heavy atom. The van der Waals surface area contributed by atoms with E-state index in [0.29, 0.717) is 19.0 Å². The van der Waals surface area contributed by atoms with Gasteiger partial charge in [-0.1, -0.05) is 28.1 Å². The van der Waals surface area contributed by atoms with Gasteiger partial charge in [-0.15, -0.1) is 0 Å². The fourth-order valence-electron chi connectivity index (χ4n) is 1.54. The molecule has 1 aromatic heterocycles. The molecule has 2 aromatic rings. The molecule has 0 aliphatic heterocycles. The molecule has 0 fully saturated rings. The van der Waals surface area contributed by atoms with Gasteiger partial charge >= 0.3 is 5.91 Å². The Labute approximate surface area is 118 Å². The number of furan rings is 1. The lowest BCUT2D eigenvalue weighted by atomic mass is 10.2. The lowest BCUT2D eigenvalue weighted by molar-refractivity contribution is 0.0856. The molecule has 0 unspecified atom stereocenters. The largest absolute Gasteiger partial charge is 0.453 e. The van der Waals surface area contributed by atoms with E-state index < -0.39 is 5.91 Å². The number of nitrogens with two attached hydrogens (primary N) is 1. The van der Waals surface area contributed by atoms with Crippen molar-refractivity contribution >= 4 is 21.8 Å². The fraction of sp³-hybridized carbons (Fsp3) is 0.154. The maximum atomic E-state index is 11.2. The van der Waals surface area contributed by atoms with Gasteiger partial charge in [0.1, 0.15) is 12.4 Å². The predicted octanol–water partition coefficient (Wildman–Crippen LogP) is 2.36. The molecule has 0 saturated carbocycles. The third-order valence-corrected chi connectivity index (χ3v) is 2.91. The summed E-state index contributed by atoms with van der Waals surface area (Å²) < 4.78 is 11.8. The van der Waals surface area contributed by atoms with Crippen LogP contribution in [0.3, 0.4) is 0 Å². The van der Waals surface area contributed by atoms with Crippen molar-refractivity contribution in [2.24, 2.45) is 5.84 Å². The Kier molecular flexibility index (Phi) is 4.73. The molecule has 0 bridgehead atoms. The van der Waals surface area contributed by atoms with Crippen molar-refractivity contribution in [2.75, 3.05) is 0 Å². The molecule has 0 saturated heterocycles. The van der Waals surface area contributed by atoms with E-state index in [-0.39, 0.29) is 5.76 Å². The summed E-state index contributed by atoms with van der Waals surface area (Å²) in [6, 6.07) is 11.1. The predicted molar refractivity (Wildman–Crippen MR) is 73.0 cm³/mol. The molecular weight excluding hydrogens is 312 g/mol. The highest BCUT2D eigenvalue weighted by atomic mass is 79.9. The average molecular weight is 325 g/mol. The molecule has 5 nitrogen and oxygen atoms in total. The van der Waals surface area contributed by atoms with Crippen LogP contribution in [0.1, 0.15) is 21.9 Å². The second-order valence-corrected chi connectivity index (χ2v) is 4.78. The van der Waals surface area contributed by atoms with Crippen LogP contribution in [0, 0.1) is 0 Å². The minimum atomic E-state index is -0.460. The van der Waals surface area contributed by atoms with Crippen molar-refractivity contribution in [1.29, 1.82) is 0 Å². The molecule has 0 atom stereocenters. The molecule has 19 heavy (non-hydrogen) atoms. The Morgan fingerprint density at radius 1 is 1.32 bits per heavy atom. The molecule has 6 heteroatoms. The lowest BCUT2D eigenvalue weighted by Crippen LogP contribution is -2.29. The number of nitrogen functional groups attached to an aromatic ring is 1. The van der Waals surface area contributed by atoms with Crippen LogP contribution in [-0.4, -0.2) is 5.91 Å². The van der Waals surface area contributed by atoms with Gasteiger partial charge in [-0.2, -0.15) is 0 Å². The van der Waals surface area contributed by atoms with E-state index in [9.17, 15) is 4.79 Å². The van der Waals surface area contributed by atoms with Crippen molar-refractivity contribution in [3.63, 3.8) is 0 Å². The van der Waals surface area contributed by atoms with Gasteiger partial charge in [0.25, 0.3) is 0 Å². The molecule has 1 amide bonds. The van der Waals surface area contributed by atoms with Gasteiger partial charge in [-0.3, -0.25) is 10.2 Å². The maximum absolute atomic E-state index is 11.2. The van der Waals surface area contributed by atoms with Gasteiger partial charge in [0, 0.05) is 4.47 Å². The molecule has 1 aromatic carbocycles. The first-order chi connectivity index (χ1) is 9.19. The number of rotatable bonds is 5. The summed E-state index contributed by atoms with van der Waals surface area (Å²) in [7, 11) is 0. The molecule has 1 heterocycles. The van der Waals surface area contributed by atoms with Crippen LogP contribution in [0.5, 0.6) is 0 Å². The Balaban J connectivity index is 1.86. The molecule has 0 radical (unpaired) electrons. The van der Waals surface area contributed by atoms with Crippen LogP contribution < -0.4 is 11.3 Å². The van der Waals surface area contributed by atoms with Gasteiger partial charge in [0.2, 0.25) is 0 Å². The van der Waals surface area contributed by atoms with E-state index in [4.69, 9.17) is 15.0 Å². The number of amides is 1. The monoisotopic (exact) mass is 324 g/mol. The van der Waals surface area contributed by atoms with Gasteiger partial charge in [-0.25, -0.2) is 5.84 Å². The van der Waals surface area contributed by atoms with Gasteiger partial charge in [-0.05, 0) is 29.8 Å². The summed E-state index contributed by atoms with van der Waals surface area (Å²) in [5, 5.41) is 0. The van der Waals surface area contributed by atoms with Crippen LogP contribution in [-0.2, 0) is 18.0 Å². The normalized spacial score (nSPS) is 10.4. The highest BCUT2D eigenvalue weighted by molar-refractivity contribution is 9.10. The Bertz CT molecular complexity index is 569. The topological polar surface area (TPSA) is 77.5 Å². The van der Waals surface area contributed by atoms with E-state index in [1.165, 1.54) is 0 Å². The number of carbonyl (C=O) groups is 1. The SMILES string of the molecule is NNC(=O)c1ccc(COCc2cccc(Br)c2)o1. The highest BCUT2D eigenvalue weighted by Crippen LogP contribution is 2.14. The van der Waals surface area contributed by atoms with Crippen molar-refractivity contribution < 1.29 is 13.9 Å². The summed E-state index contributed by atoms with van der Waals surface area (Å²) in [6.45, 7) is 0.767. The van der Waals surface area contributed by atoms with Crippen LogP contribution in [0.4, 0.5) is 0 Å². The number of hydrogen-bond acceptors (Lipinski definition) is 4. The zero-order valence-corrected chi connectivity index (χ0v) is 11.6. The Hall–Kier alpha value is -1.63. The maximum Gasteiger partial charge on any atom is 0.300 e. The summed E-state index contributed by atoms with van der Waals surface area (Å²) >= 11 is 3.40. The molecule has 0 aliphatic rings. The number of nitrogens with one attached hydrogen (secondary N) is 1. The summed E-state index contributed by atoms with van der Waals surface area (Å²) in [6.07, 6.45) is 0. The second-order valence-electron chi connectivity index (χ2n) is 3.86. The van der Waals surface area contributed by atoms with Gasteiger partial charge in [0.05, 0.1) is 6.61 Å². The van der Waals surface area contributed by atoms with E-state index in [1.807, 2.05) is 29.7 Å². The van der Waals surface area contributed by atoms with Crippen LogP contribution in [0.15, 0.2) is 45.3 Å². The van der Waals surface area contributed by atoms with E-state index >= 15 is 0 Å². The van der Waals surface area contributed by atoms with Crippen LogP contribution in [0.25, 0.3) is 0 Å².